The normalized spacial score (nSPS) is 19.5. The molecule has 2 amide bonds. The first-order valence-corrected chi connectivity index (χ1v) is 9.22. The van der Waals surface area contributed by atoms with Crippen LogP contribution in [0.2, 0.25) is 0 Å². The van der Waals surface area contributed by atoms with E-state index in [1.807, 2.05) is 0 Å². The van der Waals surface area contributed by atoms with Crippen LogP contribution in [0.25, 0.3) is 0 Å². The fourth-order valence-electron chi connectivity index (χ4n) is 2.65. The predicted octanol–water partition coefficient (Wildman–Crippen LogP) is 1.57. The van der Waals surface area contributed by atoms with Gasteiger partial charge >= 0.3 is 5.97 Å². The van der Waals surface area contributed by atoms with Gasteiger partial charge in [0.25, 0.3) is 5.91 Å². The number of anilines is 1. The molecule has 1 fully saturated rings. The van der Waals surface area contributed by atoms with Crippen molar-refractivity contribution in [3.63, 3.8) is 0 Å². The van der Waals surface area contributed by atoms with Gasteiger partial charge in [-0.1, -0.05) is 0 Å². The van der Waals surface area contributed by atoms with Gasteiger partial charge in [0.2, 0.25) is 5.91 Å². The quantitative estimate of drug-likeness (QED) is 0.771. The molecule has 1 atom stereocenters. The number of benzene rings is 1. The van der Waals surface area contributed by atoms with Crippen molar-refractivity contribution in [2.75, 3.05) is 30.8 Å². The topological polar surface area (TPSA) is 93.7 Å². The van der Waals surface area contributed by atoms with Crippen LogP contribution in [0.4, 0.5) is 5.69 Å². The van der Waals surface area contributed by atoms with Crippen LogP contribution in [0.1, 0.15) is 29.6 Å². The van der Waals surface area contributed by atoms with Gasteiger partial charge in [-0.25, -0.2) is 4.79 Å². The molecule has 2 aliphatic heterocycles. The van der Waals surface area contributed by atoms with E-state index in [-0.39, 0.29) is 24.5 Å². The van der Waals surface area contributed by atoms with E-state index >= 15 is 0 Å². The van der Waals surface area contributed by atoms with Gasteiger partial charge in [-0.2, -0.15) is 0 Å². The highest BCUT2D eigenvalue weighted by molar-refractivity contribution is 7.99. The summed E-state index contributed by atoms with van der Waals surface area (Å²) in [6.45, 7) is 0.810. The monoisotopic (exact) mass is 364 g/mol. The Morgan fingerprint density at radius 2 is 2.28 bits per heavy atom. The number of carbonyl (C=O) groups excluding carboxylic acids is 3. The molecule has 1 saturated heterocycles. The fourth-order valence-corrected chi connectivity index (χ4v) is 3.58. The van der Waals surface area contributed by atoms with E-state index in [2.05, 4.69) is 10.6 Å². The first-order chi connectivity index (χ1) is 12.1. The third-order valence-corrected chi connectivity index (χ3v) is 5.04. The molecule has 0 bridgehead atoms. The number of amides is 2. The minimum absolute atomic E-state index is 0.0466. The number of esters is 1. The van der Waals surface area contributed by atoms with Crippen LogP contribution in [0.5, 0.6) is 0 Å². The molecule has 0 unspecified atom stereocenters. The van der Waals surface area contributed by atoms with Crippen molar-refractivity contribution in [1.82, 2.24) is 5.32 Å². The Labute approximate surface area is 149 Å². The molecular weight excluding hydrogens is 344 g/mol. The Balaban J connectivity index is 1.51. The zero-order chi connectivity index (χ0) is 17.6. The maximum Gasteiger partial charge on any atom is 0.338 e. The Morgan fingerprint density at radius 3 is 3.08 bits per heavy atom. The lowest BCUT2D eigenvalue weighted by atomic mass is 10.2. The van der Waals surface area contributed by atoms with E-state index in [9.17, 15) is 14.4 Å². The Bertz CT molecular complexity index is 673. The molecule has 0 aliphatic carbocycles. The Kier molecular flexibility index (Phi) is 5.93. The molecule has 2 N–H and O–H groups in total. The number of hydrogen-bond acceptors (Lipinski definition) is 6. The van der Waals surface area contributed by atoms with Crippen LogP contribution in [0, 0.1) is 0 Å². The van der Waals surface area contributed by atoms with Crippen molar-refractivity contribution in [3.05, 3.63) is 23.8 Å². The summed E-state index contributed by atoms with van der Waals surface area (Å²) in [5, 5.41) is 5.47. The van der Waals surface area contributed by atoms with Gasteiger partial charge in [0.05, 0.1) is 17.4 Å². The summed E-state index contributed by atoms with van der Waals surface area (Å²) in [6.07, 6.45) is 2.41. The van der Waals surface area contributed by atoms with Gasteiger partial charge in [-0.05, 0) is 31.0 Å². The summed E-state index contributed by atoms with van der Waals surface area (Å²) < 4.78 is 10.5. The van der Waals surface area contributed by atoms with Gasteiger partial charge in [0.15, 0.2) is 6.61 Å². The molecule has 1 aromatic carbocycles. The molecule has 7 nitrogen and oxygen atoms in total. The lowest BCUT2D eigenvalue weighted by Crippen LogP contribution is -2.34. The highest BCUT2D eigenvalue weighted by atomic mass is 32.2. The Morgan fingerprint density at radius 1 is 1.40 bits per heavy atom. The van der Waals surface area contributed by atoms with E-state index < -0.39 is 5.97 Å². The van der Waals surface area contributed by atoms with Crippen LogP contribution in [0.15, 0.2) is 23.1 Å². The maximum absolute atomic E-state index is 12.1. The minimum atomic E-state index is -0.599. The zero-order valence-corrected chi connectivity index (χ0v) is 14.5. The number of carbonyl (C=O) groups is 3. The van der Waals surface area contributed by atoms with Gasteiger partial charge in [-0.15, -0.1) is 11.8 Å². The van der Waals surface area contributed by atoms with Crippen LogP contribution < -0.4 is 10.6 Å². The van der Waals surface area contributed by atoms with Crippen LogP contribution in [-0.2, 0) is 19.1 Å². The zero-order valence-electron chi connectivity index (χ0n) is 13.7. The molecule has 3 rings (SSSR count). The summed E-state index contributed by atoms with van der Waals surface area (Å²) in [5.41, 5.74) is 0.901. The summed E-state index contributed by atoms with van der Waals surface area (Å²) in [5.74, 6) is -0.334. The van der Waals surface area contributed by atoms with Crippen molar-refractivity contribution >= 4 is 35.2 Å². The molecule has 25 heavy (non-hydrogen) atoms. The highest BCUT2D eigenvalue weighted by Crippen LogP contribution is 2.31. The van der Waals surface area contributed by atoms with Crippen molar-refractivity contribution in [1.29, 1.82) is 0 Å². The first-order valence-electron chi connectivity index (χ1n) is 8.24. The van der Waals surface area contributed by atoms with E-state index in [1.54, 1.807) is 30.0 Å². The molecule has 0 radical (unpaired) electrons. The average molecular weight is 364 g/mol. The molecule has 134 valence electrons. The number of nitrogens with one attached hydrogen (secondary N) is 2. The summed E-state index contributed by atoms with van der Waals surface area (Å²) in [7, 11) is 0. The van der Waals surface area contributed by atoms with Crippen molar-refractivity contribution < 1.29 is 23.9 Å². The lowest BCUT2D eigenvalue weighted by Gasteiger charge is -2.11. The van der Waals surface area contributed by atoms with E-state index in [4.69, 9.17) is 9.47 Å². The average Bonchev–Trinajstić information content (AvgIpc) is 3.05. The summed E-state index contributed by atoms with van der Waals surface area (Å²) in [6, 6.07) is 4.99. The molecule has 0 spiro atoms. The third kappa shape index (κ3) is 4.96. The maximum atomic E-state index is 12.1. The van der Waals surface area contributed by atoms with E-state index in [1.165, 1.54) is 0 Å². The number of fused-ring (bicyclic) bond motifs is 1. The highest BCUT2D eigenvalue weighted by Gasteiger charge is 2.18. The van der Waals surface area contributed by atoms with Gasteiger partial charge in [0.1, 0.15) is 0 Å². The SMILES string of the molecule is O=C(COC(=O)c1ccc2c(c1)NC(=O)CCS2)NC[C@H]1CCCO1. The second-order valence-corrected chi connectivity index (χ2v) is 7.01. The number of hydrogen-bond donors (Lipinski definition) is 2. The number of thioether (sulfide) groups is 1. The molecule has 2 heterocycles. The van der Waals surface area contributed by atoms with Crippen LogP contribution >= 0.6 is 11.8 Å². The largest absolute Gasteiger partial charge is 0.452 e. The molecule has 0 aromatic heterocycles. The van der Waals surface area contributed by atoms with Crippen molar-refractivity contribution in [2.24, 2.45) is 0 Å². The van der Waals surface area contributed by atoms with Gasteiger partial charge in [0, 0.05) is 30.2 Å². The third-order valence-electron chi connectivity index (χ3n) is 3.96. The predicted molar refractivity (Wildman–Crippen MR) is 92.7 cm³/mol. The van der Waals surface area contributed by atoms with Gasteiger partial charge in [-0.3, -0.25) is 9.59 Å². The second-order valence-electron chi connectivity index (χ2n) is 5.87. The molecule has 8 heteroatoms. The summed E-state index contributed by atoms with van der Waals surface area (Å²) in [4.78, 5) is 36.4. The molecule has 0 saturated carbocycles. The minimum Gasteiger partial charge on any atom is -0.452 e. The Hall–Kier alpha value is -2.06. The van der Waals surface area contributed by atoms with Crippen molar-refractivity contribution in [3.8, 4) is 0 Å². The lowest BCUT2D eigenvalue weighted by molar-refractivity contribution is -0.124. The molecular formula is C17H20N2O5S. The second kappa shape index (κ2) is 8.35. The van der Waals surface area contributed by atoms with E-state index in [0.717, 1.165) is 24.3 Å². The van der Waals surface area contributed by atoms with E-state index in [0.29, 0.717) is 30.0 Å². The van der Waals surface area contributed by atoms with Crippen molar-refractivity contribution in [2.45, 2.75) is 30.3 Å². The number of rotatable bonds is 5. The van der Waals surface area contributed by atoms with Crippen LogP contribution in [-0.4, -0.2) is 49.4 Å². The van der Waals surface area contributed by atoms with Crippen LogP contribution in [0.3, 0.4) is 0 Å². The molecule has 1 aromatic rings. The smallest absolute Gasteiger partial charge is 0.338 e. The molecule has 2 aliphatic rings. The standard InChI is InChI=1S/C17H20N2O5S/c20-15-5-7-25-14-4-3-11(8-13(14)19-15)17(22)24-10-16(21)18-9-12-2-1-6-23-12/h3-4,8,12H,1-2,5-7,9-10H2,(H,18,21)(H,19,20)/t12-/m1/s1. The fraction of sp³-hybridized carbons (Fsp3) is 0.471. The summed E-state index contributed by atoms with van der Waals surface area (Å²) >= 11 is 1.56. The number of ether oxygens (including phenoxy) is 2. The van der Waals surface area contributed by atoms with Gasteiger partial charge < -0.3 is 20.1 Å². The first kappa shape index (κ1) is 17.8.